The van der Waals surface area contributed by atoms with Gasteiger partial charge < -0.3 is 10.6 Å². The summed E-state index contributed by atoms with van der Waals surface area (Å²) in [7, 11) is 1.79. The van der Waals surface area contributed by atoms with Gasteiger partial charge >= 0.3 is 0 Å². The lowest BCUT2D eigenvalue weighted by Crippen LogP contribution is -2.38. The average molecular weight is 361 g/mol. The maximum absolute atomic E-state index is 4.16. The number of aryl methyl sites for hydroxylation is 1. The molecule has 0 amide bonds. The molecule has 1 rings (SSSR count). The Hall–Kier alpha value is -0.780. The SMILES string of the molecule is CCNC(=NC)NCC(C)c1cccc(C)c1.I. The summed E-state index contributed by atoms with van der Waals surface area (Å²) < 4.78 is 0. The van der Waals surface area contributed by atoms with Crippen molar-refractivity contribution in [3.8, 4) is 0 Å². The molecule has 102 valence electrons. The van der Waals surface area contributed by atoms with Gasteiger partial charge in [0.2, 0.25) is 0 Å². The van der Waals surface area contributed by atoms with Crippen molar-refractivity contribution in [3.05, 3.63) is 35.4 Å². The molecule has 0 fully saturated rings. The first-order chi connectivity index (χ1) is 8.17. The zero-order chi connectivity index (χ0) is 12.7. The topological polar surface area (TPSA) is 36.4 Å². The van der Waals surface area contributed by atoms with Crippen LogP contribution in [0, 0.1) is 6.92 Å². The Bertz CT molecular complexity index is 377. The van der Waals surface area contributed by atoms with Gasteiger partial charge in [-0.1, -0.05) is 36.8 Å². The minimum absolute atomic E-state index is 0. The van der Waals surface area contributed by atoms with Crippen molar-refractivity contribution >= 4 is 29.9 Å². The largest absolute Gasteiger partial charge is 0.357 e. The molecule has 0 bridgehead atoms. The van der Waals surface area contributed by atoms with Crippen LogP contribution >= 0.6 is 24.0 Å². The molecule has 1 unspecified atom stereocenters. The summed E-state index contributed by atoms with van der Waals surface area (Å²) in [6, 6.07) is 8.65. The van der Waals surface area contributed by atoms with Crippen molar-refractivity contribution in [1.29, 1.82) is 0 Å². The number of benzene rings is 1. The number of nitrogens with zero attached hydrogens (tertiary/aromatic N) is 1. The first kappa shape index (κ1) is 17.2. The summed E-state index contributed by atoms with van der Waals surface area (Å²) in [5.41, 5.74) is 2.68. The Balaban J connectivity index is 0.00000289. The standard InChI is InChI=1S/C14H23N3.HI/c1-5-16-14(15-4)17-10-12(3)13-8-6-7-11(2)9-13;/h6-9,12H,5,10H2,1-4H3,(H2,15,16,17);1H. The number of hydrogen-bond donors (Lipinski definition) is 2. The van der Waals surface area contributed by atoms with Gasteiger partial charge in [-0.15, -0.1) is 24.0 Å². The van der Waals surface area contributed by atoms with Crippen LogP contribution in [0.5, 0.6) is 0 Å². The molecule has 0 aliphatic heterocycles. The summed E-state index contributed by atoms with van der Waals surface area (Å²) in [5, 5.41) is 6.52. The Morgan fingerprint density at radius 2 is 2.06 bits per heavy atom. The van der Waals surface area contributed by atoms with E-state index in [4.69, 9.17) is 0 Å². The van der Waals surface area contributed by atoms with E-state index in [1.807, 2.05) is 0 Å². The van der Waals surface area contributed by atoms with Gasteiger partial charge in [-0.2, -0.15) is 0 Å². The van der Waals surface area contributed by atoms with Crippen molar-refractivity contribution in [2.45, 2.75) is 26.7 Å². The smallest absolute Gasteiger partial charge is 0.190 e. The second-order valence-electron chi connectivity index (χ2n) is 4.30. The summed E-state index contributed by atoms with van der Waals surface area (Å²) in [4.78, 5) is 4.16. The lowest BCUT2D eigenvalue weighted by molar-refractivity contribution is 0.702. The number of hydrogen-bond acceptors (Lipinski definition) is 1. The number of rotatable bonds is 4. The molecule has 4 heteroatoms. The summed E-state index contributed by atoms with van der Waals surface area (Å²) >= 11 is 0. The highest BCUT2D eigenvalue weighted by Crippen LogP contribution is 2.15. The fourth-order valence-corrected chi connectivity index (χ4v) is 1.73. The molecule has 0 aliphatic carbocycles. The minimum Gasteiger partial charge on any atom is -0.357 e. The van der Waals surface area contributed by atoms with Crippen molar-refractivity contribution in [3.63, 3.8) is 0 Å². The van der Waals surface area contributed by atoms with Crippen LogP contribution in [0.1, 0.15) is 30.9 Å². The molecule has 2 N–H and O–H groups in total. The summed E-state index contributed by atoms with van der Waals surface area (Å²) in [5.74, 6) is 1.34. The third-order valence-corrected chi connectivity index (χ3v) is 2.75. The van der Waals surface area contributed by atoms with Gasteiger partial charge in [0.25, 0.3) is 0 Å². The molecule has 0 spiro atoms. The van der Waals surface area contributed by atoms with Gasteiger partial charge in [-0.25, -0.2) is 0 Å². The molecule has 1 atom stereocenters. The van der Waals surface area contributed by atoms with E-state index >= 15 is 0 Å². The molecule has 1 aromatic rings. The van der Waals surface area contributed by atoms with Crippen LogP contribution in [0.15, 0.2) is 29.3 Å². The van der Waals surface area contributed by atoms with Crippen molar-refractivity contribution in [2.75, 3.05) is 20.1 Å². The maximum Gasteiger partial charge on any atom is 0.190 e. The quantitative estimate of drug-likeness (QED) is 0.492. The first-order valence-corrected chi connectivity index (χ1v) is 6.18. The van der Waals surface area contributed by atoms with E-state index in [1.54, 1.807) is 7.05 Å². The van der Waals surface area contributed by atoms with Gasteiger partial charge in [0, 0.05) is 20.1 Å². The molecule has 0 aliphatic rings. The molecular formula is C14H24IN3. The number of aliphatic imine (C=N–C) groups is 1. The molecule has 1 aromatic carbocycles. The van der Waals surface area contributed by atoms with Crippen LogP contribution in [0.3, 0.4) is 0 Å². The lowest BCUT2D eigenvalue weighted by atomic mass is 9.99. The van der Waals surface area contributed by atoms with E-state index in [0.717, 1.165) is 19.0 Å². The fourth-order valence-electron chi connectivity index (χ4n) is 1.73. The van der Waals surface area contributed by atoms with Crippen LogP contribution in [-0.4, -0.2) is 26.1 Å². The third-order valence-electron chi connectivity index (χ3n) is 2.75. The van der Waals surface area contributed by atoms with Crippen molar-refractivity contribution in [2.24, 2.45) is 4.99 Å². The lowest BCUT2D eigenvalue weighted by Gasteiger charge is -2.16. The minimum atomic E-state index is 0. The predicted octanol–water partition coefficient (Wildman–Crippen LogP) is 2.90. The maximum atomic E-state index is 4.16. The molecule has 0 aromatic heterocycles. The molecule has 0 saturated heterocycles. The Kier molecular flexibility index (Phi) is 8.79. The monoisotopic (exact) mass is 361 g/mol. The zero-order valence-corrected chi connectivity index (χ0v) is 14.0. The number of halogens is 1. The van der Waals surface area contributed by atoms with Crippen molar-refractivity contribution in [1.82, 2.24) is 10.6 Å². The first-order valence-electron chi connectivity index (χ1n) is 6.18. The van der Waals surface area contributed by atoms with Gasteiger partial charge in [0.05, 0.1) is 0 Å². The van der Waals surface area contributed by atoms with Gasteiger partial charge in [-0.3, -0.25) is 4.99 Å². The van der Waals surface area contributed by atoms with E-state index in [2.05, 4.69) is 60.7 Å². The third kappa shape index (κ3) is 5.71. The van der Waals surface area contributed by atoms with E-state index in [9.17, 15) is 0 Å². The highest BCUT2D eigenvalue weighted by atomic mass is 127. The Labute approximate surface area is 127 Å². The predicted molar refractivity (Wildman–Crippen MR) is 90.0 cm³/mol. The highest BCUT2D eigenvalue weighted by molar-refractivity contribution is 14.0. The molecule has 3 nitrogen and oxygen atoms in total. The van der Waals surface area contributed by atoms with Crippen LogP contribution in [0.4, 0.5) is 0 Å². The average Bonchev–Trinajstić information content (AvgIpc) is 2.34. The molecule has 0 radical (unpaired) electrons. The molecule has 0 saturated carbocycles. The summed E-state index contributed by atoms with van der Waals surface area (Å²) in [6.07, 6.45) is 0. The number of nitrogens with one attached hydrogen (secondary N) is 2. The Morgan fingerprint density at radius 3 is 2.61 bits per heavy atom. The van der Waals surface area contributed by atoms with Crippen LogP contribution in [0.2, 0.25) is 0 Å². The van der Waals surface area contributed by atoms with E-state index in [-0.39, 0.29) is 24.0 Å². The van der Waals surface area contributed by atoms with E-state index in [0.29, 0.717) is 5.92 Å². The van der Waals surface area contributed by atoms with Crippen LogP contribution in [0.25, 0.3) is 0 Å². The molecule has 18 heavy (non-hydrogen) atoms. The second-order valence-corrected chi connectivity index (χ2v) is 4.30. The summed E-state index contributed by atoms with van der Waals surface area (Å²) in [6.45, 7) is 8.20. The van der Waals surface area contributed by atoms with Crippen LogP contribution in [-0.2, 0) is 0 Å². The van der Waals surface area contributed by atoms with Gasteiger partial charge in [0.1, 0.15) is 0 Å². The van der Waals surface area contributed by atoms with E-state index in [1.165, 1.54) is 11.1 Å². The van der Waals surface area contributed by atoms with Crippen molar-refractivity contribution < 1.29 is 0 Å². The fraction of sp³-hybridized carbons (Fsp3) is 0.500. The van der Waals surface area contributed by atoms with Crippen LogP contribution < -0.4 is 10.6 Å². The van der Waals surface area contributed by atoms with E-state index < -0.39 is 0 Å². The van der Waals surface area contributed by atoms with Gasteiger partial charge in [-0.05, 0) is 25.3 Å². The highest BCUT2D eigenvalue weighted by Gasteiger charge is 2.06. The molecular weight excluding hydrogens is 337 g/mol. The second kappa shape index (κ2) is 9.19. The zero-order valence-electron chi connectivity index (χ0n) is 11.7. The normalized spacial score (nSPS) is 12.6. The van der Waals surface area contributed by atoms with Gasteiger partial charge in [0.15, 0.2) is 5.96 Å². The number of guanidine groups is 1. The Morgan fingerprint density at radius 1 is 1.33 bits per heavy atom. The molecule has 0 heterocycles.